The Morgan fingerprint density at radius 1 is 1.15 bits per heavy atom. The summed E-state index contributed by atoms with van der Waals surface area (Å²) in [4.78, 5) is 12.8. The smallest absolute Gasteiger partial charge is 0.252 e. The van der Waals surface area contributed by atoms with Crippen LogP contribution in [0, 0.1) is 5.92 Å². The van der Waals surface area contributed by atoms with Gasteiger partial charge in [-0.15, -0.1) is 0 Å². The van der Waals surface area contributed by atoms with Crippen molar-refractivity contribution in [2.24, 2.45) is 5.92 Å². The van der Waals surface area contributed by atoms with Crippen LogP contribution < -0.4 is 5.32 Å². The Morgan fingerprint density at radius 2 is 1.77 bits per heavy atom. The second kappa shape index (κ2) is 10.4. The molecule has 5 nitrogen and oxygen atoms in total. The molecule has 1 unspecified atom stereocenters. The minimum Gasteiger partial charge on any atom is -0.350 e. The van der Waals surface area contributed by atoms with Gasteiger partial charge < -0.3 is 5.32 Å². The van der Waals surface area contributed by atoms with Gasteiger partial charge in [0.15, 0.2) is 0 Å². The molecule has 0 fully saturated rings. The molecule has 0 aliphatic heterocycles. The standard InChI is InChI=1S/C19H31BrN2O3S/c1-6-22(7-2)26(24,25)16-11-12-18(20)17(13-16)19(23)21-15(5)10-8-9-14(3)4/h11-15H,6-10H2,1-5H3,(H,21,23). The van der Waals surface area contributed by atoms with Crippen LogP contribution in [0.5, 0.6) is 0 Å². The lowest BCUT2D eigenvalue weighted by Crippen LogP contribution is -2.33. The molecule has 1 N–H and O–H groups in total. The molecule has 1 amide bonds. The van der Waals surface area contributed by atoms with Crippen LogP contribution in [-0.2, 0) is 10.0 Å². The van der Waals surface area contributed by atoms with Crippen LogP contribution in [0.4, 0.5) is 0 Å². The number of carbonyl (C=O) groups is 1. The molecule has 26 heavy (non-hydrogen) atoms. The summed E-state index contributed by atoms with van der Waals surface area (Å²) in [6.07, 6.45) is 3.08. The number of hydrogen-bond acceptors (Lipinski definition) is 3. The van der Waals surface area contributed by atoms with Gasteiger partial charge in [0, 0.05) is 23.6 Å². The Hall–Kier alpha value is -0.920. The van der Waals surface area contributed by atoms with Gasteiger partial charge >= 0.3 is 0 Å². The second-order valence-corrected chi connectivity index (χ2v) is 9.72. The number of hydrogen-bond donors (Lipinski definition) is 1. The Labute approximate surface area is 166 Å². The van der Waals surface area contributed by atoms with Gasteiger partial charge in [0.25, 0.3) is 5.91 Å². The van der Waals surface area contributed by atoms with E-state index in [2.05, 4.69) is 35.1 Å². The van der Waals surface area contributed by atoms with Crippen molar-refractivity contribution in [1.29, 1.82) is 0 Å². The van der Waals surface area contributed by atoms with Gasteiger partial charge in [0.1, 0.15) is 0 Å². The van der Waals surface area contributed by atoms with Gasteiger partial charge in [-0.05, 0) is 53.4 Å². The maximum absolute atomic E-state index is 12.7. The van der Waals surface area contributed by atoms with E-state index in [4.69, 9.17) is 0 Å². The van der Waals surface area contributed by atoms with Crippen molar-refractivity contribution in [3.05, 3.63) is 28.2 Å². The van der Waals surface area contributed by atoms with E-state index in [0.717, 1.165) is 19.3 Å². The molecular formula is C19H31BrN2O3S. The third-order valence-corrected chi connectivity index (χ3v) is 7.06. The summed E-state index contributed by atoms with van der Waals surface area (Å²) in [6, 6.07) is 4.64. The van der Waals surface area contributed by atoms with E-state index in [1.165, 1.54) is 16.4 Å². The Balaban J connectivity index is 2.94. The third kappa shape index (κ3) is 6.35. The normalized spacial score (nSPS) is 13.2. The van der Waals surface area contributed by atoms with Crippen molar-refractivity contribution in [3.63, 3.8) is 0 Å². The lowest BCUT2D eigenvalue weighted by atomic mass is 10.0. The molecule has 0 spiro atoms. The predicted molar refractivity (Wildman–Crippen MR) is 110 cm³/mol. The minimum absolute atomic E-state index is 0.0381. The van der Waals surface area contributed by atoms with E-state index in [-0.39, 0.29) is 16.8 Å². The fourth-order valence-corrected chi connectivity index (χ4v) is 4.67. The Morgan fingerprint density at radius 3 is 2.31 bits per heavy atom. The van der Waals surface area contributed by atoms with Gasteiger partial charge in [-0.3, -0.25) is 4.79 Å². The summed E-state index contributed by atoms with van der Waals surface area (Å²) in [5.74, 6) is 0.388. The molecule has 148 valence electrons. The number of nitrogens with zero attached hydrogens (tertiary/aromatic N) is 1. The number of carbonyl (C=O) groups excluding carboxylic acids is 1. The molecule has 0 aliphatic carbocycles. The van der Waals surface area contributed by atoms with E-state index in [1.54, 1.807) is 19.9 Å². The van der Waals surface area contributed by atoms with Crippen LogP contribution in [-0.4, -0.2) is 37.8 Å². The highest BCUT2D eigenvalue weighted by Crippen LogP contribution is 2.23. The molecule has 0 aliphatic rings. The highest BCUT2D eigenvalue weighted by Gasteiger charge is 2.24. The average molecular weight is 447 g/mol. The first kappa shape index (κ1) is 23.1. The topological polar surface area (TPSA) is 66.5 Å². The van der Waals surface area contributed by atoms with E-state index in [0.29, 0.717) is 29.0 Å². The van der Waals surface area contributed by atoms with Crippen molar-refractivity contribution >= 4 is 31.9 Å². The van der Waals surface area contributed by atoms with Crippen LogP contribution >= 0.6 is 15.9 Å². The lowest BCUT2D eigenvalue weighted by Gasteiger charge is -2.19. The first-order chi connectivity index (χ1) is 12.1. The van der Waals surface area contributed by atoms with Crippen LogP contribution in [0.2, 0.25) is 0 Å². The molecule has 0 heterocycles. The van der Waals surface area contributed by atoms with E-state index < -0.39 is 10.0 Å². The van der Waals surface area contributed by atoms with Gasteiger partial charge in [0.2, 0.25) is 10.0 Å². The van der Waals surface area contributed by atoms with Crippen molar-refractivity contribution in [2.45, 2.75) is 64.8 Å². The number of nitrogens with one attached hydrogen (secondary N) is 1. The van der Waals surface area contributed by atoms with E-state index in [1.807, 2.05) is 6.92 Å². The molecule has 0 saturated carbocycles. The molecule has 1 aromatic carbocycles. The zero-order valence-corrected chi connectivity index (χ0v) is 18.8. The fourth-order valence-electron chi connectivity index (χ4n) is 2.76. The summed E-state index contributed by atoms with van der Waals surface area (Å²) in [5, 5.41) is 2.97. The second-order valence-electron chi connectivity index (χ2n) is 6.93. The highest BCUT2D eigenvalue weighted by molar-refractivity contribution is 9.10. The summed E-state index contributed by atoms with van der Waals surface area (Å²) in [6.45, 7) is 10.7. The number of rotatable bonds is 10. The molecule has 0 bridgehead atoms. The van der Waals surface area contributed by atoms with Crippen molar-refractivity contribution < 1.29 is 13.2 Å². The van der Waals surface area contributed by atoms with Crippen LogP contribution in [0.3, 0.4) is 0 Å². The van der Waals surface area contributed by atoms with E-state index in [9.17, 15) is 13.2 Å². The molecule has 0 aromatic heterocycles. The summed E-state index contributed by atoms with van der Waals surface area (Å²) in [7, 11) is -3.59. The highest BCUT2D eigenvalue weighted by atomic mass is 79.9. The van der Waals surface area contributed by atoms with Crippen molar-refractivity contribution in [3.8, 4) is 0 Å². The summed E-state index contributed by atoms with van der Waals surface area (Å²) in [5.41, 5.74) is 0.342. The molecule has 1 atom stereocenters. The van der Waals surface area contributed by atoms with Crippen molar-refractivity contribution in [2.75, 3.05) is 13.1 Å². The predicted octanol–water partition coefficient (Wildman–Crippen LogP) is 4.42. The van der Waals surface area contributed by atoms with Gasteiger partial charge in [-0.1, -0.05) is 40.5 Å². The first-order valence-corrected chi connectivity index (χ1v) is 11.5. The summed E-state index contributed by atoms with van der Waals surface area (Å²) >= 11 is 3.36. The Bertz CT molecular complexity index is 701. The molecule has 7 heteroatoms. The molecule has 1 aromatic rings. The monoisotopic (exact) mass is 446 g/mol. The zero-order valence-electron chi connectivity index (χ0n) is 16.4. The molecule has 1 rings (SSSR count). The molecule has 0 radical (unpaired) electrons. The van der Waals surface area contributed by atoms with Crippen LogP contribution in [0.15, 0.2) is 27.6 Å². The van der Waals surface area contributed by atoms with Crippen molar-refractivity contribution in [1.82, 2.24) is 9.62 Å². The minimum atomic E-state index is -3.59. The SMILES string of the molecule is CCN(CC)S(=O)(=O)c1ccc(Br)c(C(=O)NC(C)CCCC(C)C)c1. The average Bonchev–Trinajstić information content (AvgIpc) is 2.55. The molecule has 0 saturated heterocycles. The lowest BCUT2D eigenvalue weighted by molar-refractivity contribution is 0.0936. The maximum Gasteiger partial charge on any atom is 0.252 e. The number of benzene rings is 1. The summed E-state index contributed by atoms with van der Waals surface area (Å²) < 4.78 is 27.3. The number of sulfonamides is 1. The third-order valence-electron chi connectivity index (χ3n) is 4.32. The first-order valence-electron chi connectivity index (χ1n) is 9.24. The number of halogens is 1. The van der Waals surface area contributed by atoms with Gasteiger partial charge in [-0.2, -0.15) is 4.31 Å². The fraction of sp³-hybridized carbons (Fsp3) is 0.632. The van der Waals surface area contributed by atoms with Crippen LogP contribution in [0.25, 0.3) is 0 Å². The largest absolute Gasteiger partial charge is 0.350 e. The molecular weight excluding hydrogens is 416 g/mol. The Kier molecular flexibility index (Phi) is 9.27. The van der Waals surface area contributed by atoms with E-state index >= 15 is 0 Å². The van der Waals surface area contributed by atoms with Gasteiger partial charge in [-0.25, -0.2) is 8.42 Å². The zero-order chi connectivity index (χ0) is 19.9. The maximum atomic E-state index is 12.7. The van der Waals surface area contributed by atoms with Crippen LogP contribution in [0.1, 0.15) is 64.2 Å². The van der Waals surface area contributed by atoms with Gasteiger partial charge in [0.05, 0.1) is 10.5 Å². The number of amides is 1. The quantitative estimate of drug-likeness (QED) is 0.577.